The van der Waals surface area contributed by atoms with Gasteiger partial charge in [-0.3, -0.25) is 25.8 Å². The van der Waals surface area contributed by atoms with E-state index in [0.29, 0.717) is 27.0 Å². The van der Waals surface area contributed by atoms with Gasteiger partial charge in [-0.05, 0) is 30.7 Å². The highest BCUT2D eigenvalue weighted by atomic mass is 32.1. The molecule has 146 valence electrons. The molecule has 0 unspecified atom stereocenters. The van der Waals surface area contributed by atoms with Crippen molar-refractivity contribution in [1.82, 2.24) is 15.8 Å². The Morgan fingerprint density at radius 1 is 1.32 bits per heavy atom. The molecule has 0 radical (unpaired) electrons. The predicted molar refractivity (Wildman–Crippen MR) is 106 cm³/mol. The minimum Gasteiger partial charge on any atom is -0.350 e. The highest BCUT2D eigenvalue weighted by molar-refractivity contribution is 7.17. The molecule has 0 aliphatic carbocycles. The van der Waals surface area contributed by atoms with Gasteiger partial charge >= 0.3 is 6.03 Å². The Balaban J connectivity index is 2.29. The average molecular weight is 403 g/mol. The zero-order valence-electron chi connectivity index (χ0n) is 14.9. The second kappa shape index (κ2) is 9.23. The monoisotopic (exact) mass is 403 g/mol. The number of nitro benzene ring substituents is 1. The zero-order valence-corrected chi connectivity index (χ0v) is 15.7. The molecule has 3 amide bonds. The molecule has 0 aliphatic heterocycles. The van der Waals surface area contributed by atoms with Crippen LogP contribution in [0.15, 0.2) is 35.4 Å². The summed E-state index contributed by atoms with van der Waals surface area (Å²) in [7, 11) is 0. The molecule has 28 heavy (non-hydrogen) atoms. The van der Waals surface area contributed by atoms with Crippen molar-refractivity contribution < 1.29 is 14.5 Å². The van der Waals surface area contributed by atoms with Crippen molar-refractivity contribution in [1.29, 1.82) is 0 Å². The summed E-state index contributed by atoms with van der Waals surface area (Å²) in [5.74, 6) is -0.281. The first-order chi connectivity index (χ1) is 13.3. The van der Waals surface area contributed by atoms with Crippen molar-refractivity contribution in [3.8, 4) is 0 Å². The third-order valence-electron chi connectivity index (χ3n) is 3.20. The fourth-order valence-corrected chi connectivity index (χ4v) is 2.88. The molecule has 1 heterocycles. The van der Waals surface area contributed by atoms with E-state index < -0.39 is 11.0 Å². The first-order valence-corrected chi connectivity index (χ1v) is 8.64. The Labute approximate surface area is 163 Å². The summed E-state index contributed by atoms with van der Waals surface area (Å²) in [6, 6.07) is 5.09. The van der Waals surface area contributed by atoms with Crippen LogP contribution in [0.3, 0.4) is 0 Å². The number of hydrazine groups is 1. The number of thiazole rings is 1. The van der Waals surface area contributed by atoms with Crippen molar-refractivity contribution in [2.24, 2.45) is 10.8 Å². The van der Waals surface area contributed by atoms with Gasteiger partial charge < -0.3 is 5.73 Å². The number of carbonyl (C=O) groups is 2. The topological polar surface area (TPSA) is 165 Å². The fraction of sp³-hybridized carbons (Fsp3) is 0.125. The normalized spacial score (nSPS) is 11.3. The molecular weight excluding hydrogens is 386 g/mol. The van der Waals surface area contributed by atoms with Gasteiger partial charge in [0.05, 0.1) is 15.5 Å². The van der Waals surface area contributed by atoms with Gasteiger partial charge in [0.1, 0.15) is 5.71 Å². The van der Waals surface area contributed by atoms with Crippen LogP contribution in [0.1, 0.15) is 23.1 Å². The first kappa shape index (κ1) is 20.5. The number of hydrogen-bond acceptors (Lipinski definition) is 8. The lowest BCUT2D eigenvalue weighted by atomic mass is 10.1. The van der Waals surface area contributed by atoms with E-state index in [2.05, 4.69) is 26.4 Å². The number of urea groups is 1. The molecule has 5 N–H and O–H groups in total. The molecule has 11 nitrogen and oxygen atoms in total. The minimum absolute atomic E-state index is 0.0200. The highest BCUT2D eigenvalue weighted by Gasteiger charge is 2.13. The average Bonchev–Trinajstić information content (AvgIpc) is 3.01. The van der Waals surface area contributed by atoms with Crippen LogP contribution >= 0.6 is 11.3 Å². The maximum absolute atomic E-state index is 11.0. The Morgan fingerprint density at radius 2 is 2.00 bits per heavy atom. The molecule has 1 aromatic carbocycles. The molecule has 0 spiro atoms. The van der Waals surface area contributed by atoms with E-state index in [4.69, 9.17) is 5.73 Å². The van der Waals surface area contributed by atoms with E-state index in [-0.39, 0.29) is 11.6 Å². The molecule has 0 saturated heterocycles. The molecule has 2 rings (SSSR count). The van der Waals surface area contributed by atoms with Gasteiger partial charge in [-0.1, -0.05) is 17.4 Å². The number of nitrogens with zero attached hydrogens (tertiary/aromatic N) is 3. The summed E-state index contributed by atoms with van der Waals surface area (Å²) >= 11 is 1.20. The van der Waals surface area contributed by atoms with Crippen LogP contribution < -0.4 is 22.0 Å². The summed E-state index contributed by atoms with van der Waals surface area (Å²) in [5.41, 5.74) is 14.0. The highest BCUT2D eigenvalue weighted by Crippen LogP contribution is 2.24. The van der Waals surface area contributed by atoms with Gasteiger partial charge in [0.25, 0.3) is 5.69 Å². The van der Waals surface area contributed by atoms with Crippen LogP contribution in [0.4, 0.5) is 15.6 Å². The van der Waals surface area contributed by atoms with E-state index in [1.807, 2.05) is 0 Å². The molecule has 0 atom stereocenters. The summed E-state index contributed by atoms with van der Waals surface area (Å²) < 4.78 is 0. The standard InChI is InChI=1S/C16H17N7O4S/c1-9-14(28-16(18-9)22-19-10(2)24)13(20-21-15(17)25)8-5-11-3-6-12(7-4-11)23(26)27/h3-8H,1-2H3,(H,18,22)(H,19,24)(H3,17,21,25). The van der Waals surface area contributed by atoms with E-state index in [9.17, 15) is 19.7 Å². The number of carbonyl (C=O) groups excluding carboxylic acids is 2. The number of aryl methyl sites for hydroxylation is 1. The molecule has 2 aromatic rings. The summed E-state index contributed by atoms with van der Waals surface area (Å²) in [6.07, 6.45) is 3.28. The zero-order chi connectivity index (χ0) is 20.7. The van der Waals surface area contributed by atoms with Crippen LogP contribution in [0.2, 0.25) is 0 Å². The van der Waals surface area contributed by atoms with E-state index in [0.717, 1.165) is 0 Å². The second-order valence-corrected chi connectivity index (χ2v) is 6.39. The molecule has 12 heteroatoms. The van der Waals surface area contributed by atoms with E-state index in [1.54, 1.807) is 31.2 Å². The Hall–Kier alpha value is -3.80. The fourth-order valence-electron chi connectivity index (χ4n) is 1.99. The van der Waals surface area contributed by atoms with Crippen molar-refractivity contribution >= 4 is 45.9 Å². The lowest BCUT2D eigenvalue weighted by Gasteiger charge is -2.01. The lowest BCUT2D eigenvalue weighted by Crippen LogP contribution is -2.26. The largest absolute Gasteiger partial charge is 0.350 e. The van der Waals surface area contributed by atoms with E-state index in [1.165, 1.54) is 30.4 Å². The van der Waals surface area contributed by atoms with Crippen molar-refractivity contribution in [2.75, 3.05) is 5.43 Å². The molecular formula is C16H17N7O4S. The number of benzene rings is 1. The van der Waals surface area contributed by atoms with Gasteiger partial charge in [0.2, 0.25) is 11.0 Å². The lowest BCUT2D eigenvalue weighted by molar-refractivity contribution is -0.384. The molecule has 1 aromatic heterocycles. The maximum Gasteiger partial charge on any atom is 0.332 e. The van der Waals surface area contributed by atoms with Crippen molar-refractivity contribution in [3.05, 3.63) is 56.6 Å². The number of primary amides is 1. The Bertz CT molecular complexity index is 950. The molecule has 0 fully saturated rings. The number of anilines is 1. The number of amides is 3. The predicted octanol–water partition coefficient (Wildman–Crippen LogP) is 1.91. The van der Waals surface area contributed by atoms with Crippen LogP contribution in [-0.2, 0) is 4.79 Å². The number of nitrogens with one attached hydrogen (secondary N) is 3. The Morgan fingerprint density at radius 3 is 2.57 bits per heavy atom. The van der Waals surface area contributed by atoms with Gasteiger partial charge in [0.15, 0.2) is 0 Å². The number of hydrogen-bond donors (Lipinski definition) is 4. The number of non-ortho nitro benzene ring substituents is 1. The van der Waals surface area contributed by atoms with Crippen LogP contribution in [0.5, 0.6) is 0 Å². The summed E-state index contributed by atoms with van der Waals surface area (Å²) in [6.45, 7) is 3.09. The number of allylic oxidation sites excluding steroid dienone is 1. The van der Waals surface area contributed by atoms with Gasteiger partial charge in [-0.25, -0.2) is 15.2 Å². The SMILES string of the molecule is CC(=O)NNc1nc(C)c(C(C=Cc2ccc([N+](=O)[O-])cc2)=NNC(N)=O)s1. The smallest absolute Gasteiger partial charge is 0.332 e. The summed E-state index contributed by atoms with van der Waals surface area (Å²) in [5, 5.41) is 15.1. The number of nitro groups is 1. The molecule has 0 saturated carbocycles. The van der Waals surface area contributed by atoms with Crippen LogP contribution in [-0.4, -0.2) is 27.6 Å². The third-order valence-corrected chi connectivity index (χ3v) is 4.29. The number of nitrogens with two attached hydrogens (primary N) is 1. The molecule has 0 aliphatic rings. The second-order valence-electron chi connectivity index (χ2n) is 5.39. The van der Waals surface area contributed by atoms with Crippen molar-refractivity contribution in [2.45, 2.75) is 13.8 Å². The van der Waals surface area contributed by atoms with Crippen LogP contribution in [0.25, 0.3) is 6.08 Å². The number of hydrazone groups is 1. The summed E-state index contributed by atoms with van der Waals surface area (Å²) in [4.78, 5) is 37.2. The van der Waals surface area contributed by atoms with Gasteiger partial charge in [0, 0.05) is 19.1 Å². The first-order valence-electron chi connectivity index (χ1n) is 7.82. The molecule has 0 bridgehead atoms. The van der Waals surface area contributed by atoms with E-state index >= 15 is 0 Å². The minimum atomic E-state index is -0.833. The van der Waals surface area contributed by atoms with Crippen LogP contribution in [0, 0.1) is 17.0 Å². The maximum atomic E-state index is 11.0. The van der Waals surface area contributed by atoms with Crippen molar-refractivity contribution in [3.63, 3.8) is 0 Å². The van der Waals surface area contributed by atoms with Gasteiger partial charge in [-0.15, -0.1) is 0 Å². The van der Waals surface area contributed by atoms with Gasteiger partial charge in [-0.2, -0.15) is 5.10 Å². The quantitative estimate of drug-likeness (QED) is 0.313. The number of aromatic nitrogens is 1. The Kier molecular flexibility index (Phi) is 6.76. The third kappa shape index (κ3) is 5.88. The number of rotatable bonds is 7.